The van der Waals surface area contributed by atoms with Gasteiger partial charge >= 0.3 is 39.5 Å². The Hall–Kier alpha value is -1.94. The molecule has 99 heavy (non-hydrogen) atoms. The van der Waals surface area contributed by atoms with E-state index in [0.29, 0.717) is 25.7 Å². The normalized spacial score (nSPS) is 14.5. The first kappa shape index (κ1) is 97.1. The average molecular weight is 1450 g/mol. The van der Waals surface area contributed by atoms with Crippen molar-refractivity contribution in [3.05, 3.63) is 0 Å². The molecule has 0 amide bonds. The summed E-state index contributed by atoms with van der Waals surface area (Å²) in [5, 5.41) is 10.6. The van der Waals surface area contributed by atoms with Crippen LogP contribution < -0.4 is 0 Å². The fourth-order valence-corrected chi connectivity index (χ4v) is 13.8. The van der Waals surface area contributed by atoms with Crippen molar-refractivity contribution < 1.29 is 80.2 Å². The van der Waals surface area contributed by atoms with E-state index >= 15 is 0 Å². The van der Waals surface area contributed by atoms with Gasteiger partial charge in [0.1, 0.15) is 19.3 Å². The molecule has 0 saturated heterocycles. The summed E-state index contributed by atoms with van der Waals surface area (Å²) in [5.74, 6) is 0.224. The first-order valence-electron chi connectivity index (χ1n) is 41.4. The highest BCUT2D eigenvalue weighted by Crippen LogP contribution is 2.45. The third-order valence-electron chi connectivity index (χ3n) is 19.4. The molecule has 0 aromatic carbocycles. The van der Waals surface area contributed by atoms with Gasteiger partial charge in [-0.15, -0.1) is 0 Å². The standard InChI is InChI=1S/C80H156O17P2/c1-8-11-12-13-14-15-16-17-22-26-29-34-39-47-54-61-77(82)90-67-75(96-79(84)63-56-49-40-35-30-27-24-21-19-18-20-23-25-28-33-38-45-52-59-72(6)9-2)69-94-98(86,87)92-65-74(81)66-93-99(88,89)95-70-76(68-91-78(83)62-55-48-43-42-46-53-60-73(7)10-3)97-80(85)64-57-50-41-36-31-32-37-44-51-58-71(4)5/h71-76,81H,8-70H2,1-7H3,(H,86,87)(H,88,89)/t72?,73?,74-,75-,76-/m1/s1. The predicted octanol–water partition coefficient (Wildman–Crippen LogP) is 23.7. The molecular formula is C80H156O17P2. The minimum Gasteiger partial charge on any atom is -0.462 e. The van der Waals surface area contributed by atoms with E-state index in [1.807, 2.05) is 0 Å². The van der Waals surface area contributed by atoms with Crippen molar-refractivity contribution in [2.24, 2.45) is 17.8 Å². The molecule has 0 aromatic rings. The molecule has 0 heterocycles. The lowest BCUT2D eigenvalue weighted by Gasteiger charge is -2.21. The quantitative estimate of drug-likeness (QED) is 0.0222. The van der Waals surface area contributed by atoms with Crippen LogP contribution in [0, 0.1) is 17.8 Å². The van der Waals surface area contributed by atoms with Crippen LogP contribution in [0.2, 0.25) is 0 Å². The summed E-state index contributed by atoms with van der Waals surface area (Å²) >= 11 is 0. The van der Waals surface area contributed by atoms with Crippen LogP contribution in [0.1, 0.15) is 414 Å². The average Bonchev–Trinajstić information content (AvgIpc) is 1.08. The molecule has 4 unspecified atom stereocenters. The van der Waals surface area contributed by atoms with E-state index in [1.54, 1.807) is 0 Å². The molecule has 7 atom stereocenters. The number of phosphoric ester groups is 2. The van der Waals surface area contributed by atoms with Crippen LogP contribution in [-0.2, 0) is 65.4 Å². The van der Waals surface area contributed by atoms with Gasteiger partial charge in [0.2, 0.25) is 0 Å². The first-order valence-corrected chi connectivity index (χ1v) is 44.4. The highest BCUT2D eigenvalue weighted by atomic mass is 31.2. The Balaban J connectivity index is 5.21. The Bertz CT molecular complexity index is 1930. The molecule has 17 nitrogen and oxygen atoms in total. The summed E-state index contributed by atoms with van der Waals surface area (Å²) in [6, 6.07) is 0. The van der Waals surface area contributed by atoms with Crippen molar-refractivity contribution in [1.29, 1.82) is 0 Å². The van der Waals surface area contributed by atoms with Gasteiger partial charge in [0.05, 0.1) is 26.4 Å². The van der Waals surface area contributed by atoms with Crippen LogP contribution >= 0.6 is 15.6 Å². The number of hydrogen-bond donors (Lipinski definition) is 3. The fraction of sp³-hybridized carbons (Fsp3) is 0.950. The number of aliphatic hydroxyl groups excluding tert-OH is 1. The SMILES string of the molecule is CCCCCCCCCCCCCCCCCC(=O)OC[C@H](COP(=O)(O)OC[C@@H](O)COP(=O)(O)OC[C@@H](COC(=O)CCCCCCCCC(C)CC)OC(=O)CCCCCCCCCCCC(C)C)OC(=O)CCCCCCCCCCCCCCCCCCCCC(C)CC. The molecule has 3 N–H and O–H groups in total. The second-order valence-electron chi connectivity index (χ2n) is 29.8. The van der Waals surface area contributed by atoms with Crippen LogP contribution in [0.25, 0.3) is 0 Å². The van der Waals surface area contributed by atoms with Crippen molar-refractivity contribution in [2.75, 3.05) is 39.6 Å². The van der Waals surface area contributed by atoms with E-state index in [1.165, 1.54) is 218 Å². The lowest BCUT2D eigenvalue weighted by Crippen LogP contribution is -2.30. The van der Waals surface area contributed by atoms with Crippen molar-refractivity contribution in [3.8, 4) is 0 Å². The molecule has 0 radical (unpaired) electrons. The molecule has 0 aromatic heterocycles. The Morgan fingerprint density at radius 1 is 0.293 bits per heavy atom. The molecule has 0 bridgehead atoms. The van der Waals surface area contributed by atoms with E-state index in [4.69, 9.17) is 37.0 Å². The largest absolute Gasteiger partial charge is 0.472 e. The highest BCUT2D eigenvalue weighted by molar-refractivity contribution is 7.47. The number of ether oxygens (including phenoxy) is 4. The lowest BCUT2D eigenvalue weighted by atomic mass is 9.99. The monoisotopic (exact) mass is 1450 g/mol. The number of esters is 4. The maximum absolute atomic E-state index is 13.1. The number of aliphatic hydroxyl groups is 1. The molecule has 0 aliphatic rings. The fourth-order valence-electron chi connectivity index (χ4n) is 12.2. The third-order valence-corrected chi connectivity index (χ3v) is 21.3. The minimum atomic E-state index is -4.96. The molecule has 0 spiro atoms. The number of hydrogen-bond acceptors (Lipinski definition) is 15. The maximum Gasteiger partial charge on any atom is 0.472 e. The summed E-state index contributed by atoms with van der Waals surface area (Å²) in [6.07, 6.45) is 58.3. The smallest absolute Gasteiger partial charge is 0.462 e. The van der Waals surface area contributed by atoms with Crippen molar-refractivity contribution in [2.45, 2.75) is 433 Å². The summed E-state index contributed by atoms with van der Waals surface area (Å²) in [6.45, 7) is 11.9. The van der Waals surface area contributed by atoms with Gasteiger partial charge in [-0.1, -0.05) is 363 Å². The molecule has 588 valence electrons. The van der Waals surface area contributed by atoms with E-state index in [2.05, 4.69) is 48.5 Å². The zero-order valence-electron chi connectivity index (χ0n) is 65.0. The van der Waals surface area contributed by atoms with Gasteiger partial charge in [-0.05, 0) is 43.4 Å². The number of rotatable bonds is 78. The van der Waals surface area contributed by atoms with Gasteiger partial charge in [0, 0.05) is 25.7 Å². The van der Waals surface area contributed by atoms with E-state index in [0.717, 1.165) is 114 Å². The third kappa shape index (κ3) is 71.5. The Morgan fingerprint density at radius 3 is 0.768 bits per heavy atom. The van der Waals surface area contributed by atoms with Crippen LogP contribution in [0.3, 0.4) is 0 Å². The molecule has 0 aliphatic carbocycles. The van der Waals surface area contributed by atoms with Crippen LogP contribution in [0.15, 0.2) is 0 Å². The van der Waals surface area contributed by atoms with Gasteiger partial charge in [0.15, 0.2) is 12.2 Å². The van der Waals surface area contributed by atoms with Crippen LogP contribution in [0.5, 0.6) is 0 Å². The van der Waals surface area contributed by atoms with Crippen molar-refractivity contribution in [3.63, 3.8) is 0 Å². The lowest BCUT2D eigenvalue weighted by molar-refractivity contribution is -0.161. The molecule has 0 saturated carbocycles. The summed E-state index contributed by atoms with van der Waals surface area (Å²) in [7, 11) is -9.92. The van der Waals surface area contributed by atoms with Gasteiger partial charge in [-0.2, -0.15) is 0 Å². The molecule has 19 heteroatoms. The summed E-state index contributed by atoms with van der Waals surface area (Å²) in [5.41, 5.74) is 0. The number of phosphoric acid groups is 2. The maximum atomic E-state index is 13.1. The van der Waals surface area contributed by atoms with Crippen molar-refractivity contribution >= 4 is 39.5 Å². The number of unbranched alkanes of at least 4 members (excludes halogenated alkanes) is 44. The predicted molar refractivity (Wildman–Crippen MR) is 405 cm³/mol. The zero-order chi connectivity index (χ0) is 73.0. The molecule has 0 aliphatic heterocycles. The second-order valence-corrected chi connectivity index (χ2v) is 32.7. The van der Waals surface area contributed by atoms with Gasteiger partial charge < -0.3 is 33.8 Å². The second kappa shape index (κ2) is 70.4. The topological polar surface area (TPSA) is 237 Å². The Morgan fingerprint density at radius 2 is 0.515 bits per heavy atom. The molecule has 0 fully saturated rings. The van der Waals surface area contributed by atoms with Crippen LogP contribution in [0.4, 0.5) is 0 Å². The Kier molecular flexibility index (Phi) is 69.0. The molecular weight excluding hydrogens is 1290 g/mol. The van der Waals surface area contributed by atoms with Gasteiger partial charge in [-0.3, -0.25) is 37.3 Å². The minimum absolute atomic E-state index is 0.104. The molecule has 0 rings (SSSR count). The zero-order valence-corrected chi connectivity index (χ0v) is 66.8. The van der Waals surface area contributed by atoms with E-state index < -0.39 is 97.5 Å². The highest BCUT2D eigenvalue weighted by Gasteiger charge is 2.30. The Labute approximate surface area is 607 Å². The summed E-state index contributed by atoms with van der Waals surface area (Å²) in [4.78, 5) is 72.9. The summed E-state index contributed by atoms with van der Waals surface area (Å²) < 4.78 is 68.6. The van der Waals surface area contributed by atoms with Gasteiger partial charge in [-0.25, -0.2) is 9.13 Å². The first-order chi connectivity index (χ1) is 47.8. The van der Waals surface area contributed by atoms with Crippen LogP contribution in [-0.4, -0.2) is 96.7 Å². The number of carbonyl (C=O) groups is 4. The van der Waals surface area contributed by atoms with Crippen molar-refractivity contribution in [1.82, 2.24) is 0 Å². The van der Waals surface area contributed by atoms with E-state index in [9.17, 15) is 43.2 Å². The van der Waals surface area contributed by atoms with E-state index in [-0.39, 0.29) is 25.7 Å². The van der Waals surface area contributed by atoms with Gasteiger partial charge in [0.25, 0.3) is 0 Å². The number of carbonyl (C=O) groups excluding carboxylic acids is 4.